The highest BCUT2D eigenvalue weighted by molar-refractivity contribution is 6.05. The first-order valence-electron chi connectivity index (χ1n) is 9.85. The van der Waals surface area contributed by atoms with E-state index < -0.39 is 0 Å². The molecular formula is C23H25N3O3. The average molecular weight is 391 g/mol. The van der Waals surface area contributed by atoms with E-state index in [1.54, 1.807) is 18.3 Å². The molecule has 29 heavy (non-hydrogen) atoms. The SMILES string of the molecule is Oc1c(N=CCCN2CCOCC2)c(Nc2ccccc2)c(O)c2ccccc12. The van der Waals surface area contributed by atoms with Gasteiger partial charge in [-0.15, -0.1) is 0 Å². The fraction of sp³-hybridized carbons (Fsp3) is 0.261. The second-order valence-corrected chi connectivity index (χ2v) is 7.01. The lowest BCUT2D eigenvalue weighted by molar-refractivity contribution is 0.0393. The van der Waals surface area contributed by atoms with Crippen LogP contribution in [-0.4, -0.2) is 54.2 Å². The zero-order valence-corrected chi connectivity index (χ0v) is 16.2. The number of phenolic OH excluding ortho intramolecular Hbond substituents is 2. The Morgan fingerprint density at radius 2 is 1.59 bits per heavy atom. The van der Waals surface area contributed by atoms with Crippen LogP contribution in [0, 0.1) is 0 Å². The zero-order valence-electron chi connectivity index (χ0n) is 16.2. The monoisotopic (exact) mass is 391 g/mol. The van der Waals surface area contributed by atoms with E-state index in [-0.39, 0.29) is 11.5 Å². The van der Waals surface area contributed by atoms with Crippen LogP contribution < -0.4 is 5.32 Å². The summed E-state index contributed by atoms with van der Waals surface area (Å²) < 4.78 is 5.37. The quantitative estimate of drug-likeness (QED) is 0.329. The lowest BCUT2D eigenvalue weighted by atomic mass is 10.0. The van der Waals surface area contributed by atoms with Crippen molar-refractivity contribution in [3.63, 3.8) is 0 Å². The van der Waals surface area contributed by atoms with Gasteiger partial charge in [0.2, 0.25) is 0 Å². The Kier molecular flexibility index (Phi) is 5.93. The molecule has 0 bridgehead atoms. The van der Waals surface area contributed by atoms with Gasteiger partial charge < -0.3 is 20.3 Å². The summed E-state index contributed by atoms with van der Waals surface area (Å²) in [5.74, 6) is 0.127. The fourth-order valence-electron chi connectivity index (χ4n) is 3.52. The maximum atomic E-state index is 10.9. The normalized spacial score (nSPS) is 15.2. The molecule has 1 heterocycles. The predicted molar refractivity (Wildman–Crippen MR) is 117 cm³/mol. The van der Waals surface area contributed by atoms with Gasteiger partial charge in [-0.1, -0.05) is 42.5 Å². The fourth-order valence-corrected chi connectivity index (χ4v) is 3.52. The number of aliphatic imine (C=N–C) groups is 1. The zero-order chi connectivity index (χ0) is 20.1. The third-order valence-corrected chi connectivity index (χ3v) is 5.08. The molecule has 150 valence electrons. The van der Waals surface area contributed by atoms with Gasteiger partial charge in [0.15, 0.2) is 5.75 Å². The first-order chi connectivity index (χ1) is 14.2. The first-order valence-corrected chi connectivity index (χ1v) is 9.85. The molecule has 0 aliphatic carbocycles. The van der Waals surface area contributed by atoms with Crippen LogP contribution in [-0.2, 0) is 4.74 Å². The van der Waals surface area contributed by atoms with Crippen LogP contribution >= 0.6 is 0 Å². The average Bonchev–Trinajstić information content (AvgIpc) is 2.78. The number of hydrogen-bond donors (Lipinski definition) is 3. The van der Waals surface area contributed by atoms with E-state index in [1.165, 1.54) is 0 Å². The molecule has 0 atom stereocenters. The van der Waals surface area contributed by atoms with Crippen LogP contribution in [0.5, 0.6) is 11.5 Å². The van der Waals surface area contributed by atoms with Crippen molar-refractivity contribution in [2.45, 2.75) is 6.42 Å². The molecule has 0 spiro atoms. The lowest BCUT2D eigenvalue weighted by Crippen LogP contribution is -2.36. The van der Waals surface area contributed by atoms with E-state index in [1.807, 2.05) is 42.5 Å². The maximum Gasteiger partial charge on any atom is 0.151 e. The van der Waals surface area contributed by atoms with Crippen LogP contribution in [0.2, 0.25) is 0 Å². The second-order valence-electron chi connectivity index (χ2n) is 7.01. The van der Waals surface area contributed by atoms with E-state index in [0.717, 1.165) is 45.0 Å². The standard InChI is InChI=1S/C23H25N3O3/c27-22-18-9-4-5-10-19(18)23(28)21(25-17-7-2-1-3-8-17)20(22)24-11-6-12-26-13-15-29-16-14-26/h1-5,7-11,25,27-28H,6,12-16H2. The largest absolute Gasteiger partial charge is 0.505 e. The van der Waals surface area contributed by atoms with Crippen molar-refractivity contribution in [2.75, 3.05) is 38.2 Å². The Morgan fingerprint density at radius 3 is 2.31 bits per heavy atom. The van der Waals surface area contributed by atoms with Gasteiger partial charge in [0, 0.05) is 42.3 Å². The van der Waals surface area contributed by atoms with E-state index in [4.69, 9.17) is 4.74 Å². The molecule has 4 rings (SSSR count). The summed E-state index contributed by atoms with van der Waals surface area (Å²) in [6, 6.07) is 16.8. The molecule has 3 aromatic carbocycles. The second kappa shape index (κ2) is 8.94. The molecule has 0 radical (unpaired) electrons. The van der Waals surface area contributed by atoms with Crippen molar-refractivity contribution >= 4 is 34.0 Å². The number of rotatable bonds is 6. The Hall–Kier alpha value is -3.09. The molecule has 6 nitrogen and oxygen atoms in total. The van der Waals surface area contributed by atoms with Crippen LogP contribution in [0.3, 0.4) is 0 Å². The smallest absolute Gasteiger partial charge is 0.151 e. The number of ether oxygens (including phenoxy) is 1. The van der Waals surface area contributed by atoms with E-state index in [0.29, 0.717) is 22.1 Å². The third-order valence-electron chi connectivity index (χ3n) is 5.08. The molecule has 0 saturated carbocycles. The number of para-hydroxylation sites is 1. The summed E-state index contributed by atoms with van der Waals surface area (Å²) >= 11 is 0. The summed E-state index contributed by atoms with van der Waals surface area (Å²) in [4.78, 5) is 6.87. The number of hydrogen-bond acceptors (Lipinski definition) is 6. The number of fused-ring (bicyclic) bond motifs is 1. The Morgan fingerprint density at radius 1 is 0.931 bits per heavy atom. The number of nitrogens with zero attached hydrogens (tertiary/aromatic N) is 2. The van der Waals surface area contributed by atoms with Gasteiger partial charge >= 0.3 is 0 Å². The number of nitrogens with one attached hydrogen (secondary N) is 1. The van der Waals surface area contributed by atoms with Crippen molar-refractivity contribution in [3.8, 4) is 11.5 Å². The minimum Gasteiger partial charge on any atom is -0.505 e. The van der Waals surface area contributed by atoms with Crippen molar-refractivity contribution in [1.82, 2.24) is 4.90 Å². The summed E-state index contributed by atoms with van der Waals surface area (Å²) in [6.07, 6.45) is 2.55. The maximum absolute atomic E-state index is 10.9. The summed E-state index contributed by atoms with van der Waals surface area (Å²) in [6.45, 7) is 4.27. The molecule has 3 aromatic rings. The predicted octanol–water partition coefficient (Wildman–Crippen LogP) is 4.42. The Balaban J connectivity index is 1.65. The van der Waals surface area contributed by atoms with Gasteiger partial charge in [0.25, 0.3) is 0 Å². The van der Waals surface area contributed by atoms with Crippen molar-refractivity contribution in [3.05, 3.63) is 54.6 Å². The van der Waals surface area contributed by atoms with E-state index in [9.17, 15) is 10.2 Å². The highest BCUT2D eigenvalue weighted by atomic mass is 16.5. The number of benzene rings is 3. The summed E-state index contributed by atoms with van der Waals surface area (Å²) in [7, 11) is 0. The van der Waals surface area contributed by atoms with Gasteiger partial charge in [0.1, 0.15) is 17.1 Å². The first kappa shape index (κ1) is 19.2. The summed E-state index contributed by atoms with van der Waals surface area (Å²) in [5, 5.41) is 26.2. The van der Waals surface area contributed by atoms with Crippen LogP contribution in [0.1, 0.15) is 6.42 Å². The van der Waals surface area contributed by atoms with Crippen molar-refractivity contribution < 1.29 is 14.9 Å². The number of morpholine rings is 1. The number of phenols is 2. The number of anilines is 2. The molecule has 1 aliphatic heterocycles. The lowest BCUT2D eigenvalue weighted by Gasteiger charge is -2.25. The van der Waals surface area contributed by atoms with Gasteiger partial charge in [-0.05, 0) is 18.6 Å². The van der Waals surface area contributed by atoms with Gasteiger partial charge in [0.05, 0.1) is 13.2 Å². The Labute approximate surface area is 170 Å². The van der Waals surface area contributed by atoms with Crippen molar-refractivity contribution in [1.29, 1.82) is 0 Å². The molecule has 1 aliphatic rings. The van der Waals surface area contributed by atoms with Crippen molar-refractivity contribution in [2.24, 2.45) is 4.99 Å². The van der Waals surface area contributed by atoms with E-state index >= 15 is 0 Å². The summed E-state index contributed by atoms with van der Waals surface area (Å²) in [5.41, 5.74) is 1.55. The number of aromatic hydroxyl groups is 2. The van der Waals surface area contributed by atoms with E-state index in [2.05, 4.69) is 15.2 Å². The molecular weight excluding hydrogens is 366 g/mol. The molecule has 6 heteroatoms. The van der Waals surface area contributed by atoms with Crippen LogP contribution in [0.4, 0.5) is 17.1 Å². The molecule has 1 fully saturated rings. The topological polar surface area (TPSA) is 77.3 Å². The molecule has 0 aromatic heterocycles. The van der Waals surface area contributed by atoms with Gasteiger partial charge in [-0.2, -0.15) is 0 Å². The minimum atomic E-state index is 0.0550. The van der Waals surface area contributed by atoms with Gasteiger partial charge in [-0.25, -0.2) is 0 Å². The van der Waals surface area contributed by atoms with Gasteiger partial charge in [-0.3, -0.25) is 9.89 Å². The molecule has 0 amide bonds. The highest BCUT2D eigenvalue weighted by Crippen LogP contribution is 2.49. The van der Waals surface area contributed by atoms with Crippen LogP contribution in [0.25, 0.3) is 10.8 Å². The highest BCUT2D eigenvalue weighted by Gasteiger charge is 2.18. The Bertz CT molecular complexity index is 999. The molecule has 3 N–H and O–H groups in total. The molecule has 1 saturated heterocycles. The molecule has 0 unspecified atom stereocenters. The third kappa shape index (κ3) is 4.34. The van der Waals surface area contributed by atoms with Crippen LogP contribution in [0.15, 0.2) is 59.6 Å². The minimum absolute atomic E-state index is 0.0550.